The molecular weight excluding hydrogens is 440 g/mol. The van der Waals surface area contributed by atoms with Crippen LogP contribution in [-0.2, 0) is 17.1 Å². The predicted molar refractivity (Wildman–Crippen MR) is 113 cm³/mol. The van der Waals surface area contributed by atoms with E-state index < -0.39 is 32.7 Å². The zero-order valence-electron chi connectivity index (χ0n) is 17.8. The van der Waals surface area contributed by atoms with Crippen LogP contribution in [-0.4, -0.2) is 34.3 Å². The predicted octanol–water partition coefficient (Wildman–Crippen LogP) is 3.64. The van der Waals surface area contributed by atoms with E-state index in [1.54, 1.807) is 10.9 Å². The smallest absolute Gasteiger partial charge is 0.266 e. The first-order valence-corrected chi connectivity index (χ1v) is 11.5. The van der Waals surface area contributed by atoms with E-state index in [1.165, 1.54) is 12.3 Å². The highest BCUT2D eigenvalue weighted by Gasteiger charge is 2.46. The van der Waals surface area contributed by atoms with Gasteiger partial charge in [-0.25, -0.2) is 27.2 Å². The maximum Gasteiger partial charge on any atom is 0.266 e. The number of hydrogen-bond acceptors (Lipinski definition) is 6. The van der Waals surface area contributed by atoms with E-state index in [9.17, 15) is 17.2 Å². The number of nitrogens with one attached hydrogen (secondary N) is 1. The van der Waals surface area contributed by atoms with Crippen LogP contribution in [0.4, 0.5) is 14.6 Å². The van der Waals surface area contributed by atoms with Crippen LogP contribution in [0.3, 0.4) is 0 Å². The Kier molecular flexibility index (Phi) is 5.61. The monoisotopic (exact) mass is 463 g/mol. The van der Waals surface area contributed by atoms with Crippen molar-refractivity contribution in [3.05, 3.63) is 60.3 Å². The third-order valence-corrected chi connectivity index (χ3v) is 7.21. The minimum absolute atomic E-state index is 0.0626. The number of sulfonamides is 1. The van der Waals surface area contributed by atoms with Crippen LogP contribution in [0.1, 0.15) is 38.3 Å². The topological polar surface area (TPSA) is 99.0 Å². The lowest BCUT2D eigenvalue weighted by molar-refractivity contribution is 0.151. The summed E-state index contributed by atoms with van der Waals surface area (Å²) in [5.41, 5.74) is 0.796. The number of nitrogens with zero attached hydrogens (tertiary/aromatic N) is 4. The molecule has 2 aromatic heterocycles. The lowest BCUT2D eigenvalue weighted by Gasteiger charge is -2.31. The van der Waals surface area contributed by atoms with E-state index in [-0.39, 0.29) is 22.9 Å². The number of halogens is 2. The molecule has 1 fully saturated rings. The second-order valence-corrected chi connectivity index (χ2v) is 10.1. The molecule has 11 heteroatoms. The van der Waals surface area contributed by atoms with Crippen LogP contribution in [0.15, 0.2) is 47.9 Å². The van der Waals surface area contributed by atoms with Crippen LogP contribution in [0.25, 0.3) is 0 Å². The van der Waals surface area contributed by atoms with Crippen molar-refractivity contribution in [1.82, 2.24) is 19.7 Å². The third-order valence-electron chi connectivity index (χ3n) is 5.84. The molecule has 170 valence electrons. The summed E-state index contributed by atoms with van der Waals surface area (Å²) in [5, 5.41) is 4.22. The Morgan fingerprint density at radius 3 is 2.62 bits per heavy atom. The van der Waals surface area contributed by atoms with Gasteiger partial charge in [0, 0.05) is 43.2 Å². The molecule has 0 unspecified atom stereocenters. The standard InChI is InChI=1S/C21H23F2N5O3S/c1-21(2)7-4-16(20(21)15-5-9-26-28(15)3)31-17-10-14(23)18(11-13(17)22)32(29,30)27-19-6-8-24-12-25-19/h5-6,8-12,16,20H,4,7H2,1-3H3,(H,24,25,27)/t16-,20+/m0/s1. The number of benzene rings is 1. The third kappa shape index (κ3) is 4.16. The molecule has 3 aromatic rings. The largest absolute Gasteiger partial charge is 0.487 e. The average molecular weight is 464 g/mol. The van der Waals surface area contributed by atoms with E-state index >= 15 is 0 Å². The van der Waals surface area contributed by atoms with E-state index in [1.807, 2.05) is 13.1 Å². The van der Waals surface area contributed by atoms with Crippen molar-refractivity contribution >= 4 is 15.8 Å². The van der Waals surface area contributed by atoms with E-state index in [0.29, 0.717) is 12.5 Å². The molecule has 2 heterocycles. The first-order chi connectivity index (χ1) is 15.1. The van der Waals surface area contributed by atoms with Crippen molar-refractivity contribution in [2.75, 3.05) is 4.72 Å². The lowest BCUT2D eigenvalue weighted by Crippen LogP contribution is -2.29. The van der Waals surface area contributed by atoms with Gasteiger partial charge in [-0.05, 0) is 30.4 Å². The summed E-state index contributed by atoms with van der Waals surface area (Å²) in [5.74, 6) is -2.59. The van der Waals surface area contributed by atoms with Crippen molar-refractivity contribution < 1.29 is 21.9 Å². The number of aryl methyl sites for hydroxylation is 1. The van der Waals surface area contributed by atoms with Gasteiger partial charge < -0.3 is 4.74 Å². The SMILES string of the molecule is Cn1nccc1[C@@H]1[C@@H](Oc2cc(F)c(S(=O)(=O)Nc3ccncn3)cc2F)CCC1(C)C. The molecule has 1 aliphatic carbocycles. The fourth-order valence-electron chi connectivity index (χ4n) is 4.26. The fourth-order valence-corrected chi connectivity index (χ4v) is 5.34. The molecule has 1 N–H and O–H groups in total. The quantitative estimate of drug-likeness (QED) is 0.599. The maximum atomic E-state index is 14.9. The Balaban J connectivity index is 1.62. The number of anilines is 1. The molecule has 2 atom stereocenters. The van der Waals surface area contributed by atoms with Gasteiger partial charge in [0.05, 0.1) is 0 Å². The van der Waals surface area contributed by atoms with Gasteiger partial charge in [-0.15, -0.1) is 0 Å². The van der Waals surface area contributed by atoms with Crippen LogP contribution in [0, 0.1) is 17.0 Å². The van der Waals surface area contributed by atoms with Crippen LogP contribution >= 0.6 is 0 Å². The molecule has 1 aliphatic rings. The molecule has 0 bridgehead atoms. The van der Waals surface area contributed by atoms with Crippen molar-refractivity contribution in [3.8, 4) is 5.75 Å². The van der Waals surface area contributed by atoms with Crippen LogP contribution in [0.5, 0.6) is 5.75 Å². The van der Waals surface area contributed by atoms with Crippen molar-refractivity contribution in [1.29, 1.82) is 0 Å². The molecule has 0 spiro atoms. The van der Waals surface area contributed by atoms with Gasteiger partial charge in [0.1, 0.15) is 29.0 Å². The van der Waals surface area contributed by atoms with E-state index in [4.69, 9.17) is 4.74 Å². The Bertz CT molecular complexity index is 1230. The molecule has 4 rings (SSSR count). The zero-order valence-corrected chi connectivity index (χ0v) is 18.6. The van der Waals surface area contributed by atoms with Gasteiger partial charge in [0.15, 0.2) is 11.6 Å². The highest BCUT2D eigenvalue weighted by atomic mass is 32.2. The second kappa shape index (κ2) is 8.12. The molecule has 8 nitrogen and oxygen atoms in total. The molecule has 0 radical (unpaired) electrons. The zero-order chi connectivity index (χ0) is 23.1. The van der Waals surface area contributed by atoms with Crippen LogP contribution < -0.4 is 9.46 Å². The summed E-state index contributed by atoms with van der Waals surface area (Å²) < 4.78 is 64.5. The minimum atomic E-state index is -4.40. The average Bonchev–Trinajstić information content (AvgIpc) is 3.26. The summed E-state index contributed by atoms with van der Waals surface area (Å²) in [6.07, 6.45) is 5.18. The van der Waals surface area contributed by atoms with Crippen LogP contribution in [0.2, 0.25) is 0 Å². The Labute approximate surface area is 184 Å². The van der Waals surface area contributed by atoms with Gasteiger partial charge >= 0.3 is 0 Å². The van der Waals surface area contributed by atoms with Crippen molar-refractivity contribution in [3.63, 3.8) is 0 Å². The first kappa shape index (κ1) is 22.1. The number of aromatic nitrogens is 4. The maximum absolute atomic E-state index is 14.9. The van der Waals surface area contributed by atoms with Gasteiger partial charge in [-0.1, -0.05) is 13.8 Å². The highest BCUT2D eigenvalue weighted by Crippen LogP contribution is 2.50. The summed E-state index contributed by atoms with van der Waals surface area (Å²) in [7, 11) is -2.58. The molecule has 1 saturated carbocycles. The molecule has 32 heavy (non-hydrogen) atoms. The summed E-state index contributed by atoms with van der Waals surface area (Å²) >= 11 is 0. The molecule has 1 aromatic carbocycles. The Hall–Kier alpha value is -3.08. The molecule has 0 amide bonds. The van der Waals surface area contributed by atoms with Crippen molar-refractivity contribution in [2.24, 2.45) is 12.5 Å². The second-order valence-electron chi connectivity index (χ2n) is 8.45. The number of hydrogen-bond donors (Lipinski definition) is 1. The van der Waals surface area contributed by atoms with Gasteiger partial charge in [0.25, 0.3) is 10.0 Å². The van der Waals surface area contributed by atoms with E-state index in [2.05, 4.69) is 33.6 Å². The first-order valence-electron chi connectivity index (χ1n) is 10.0. The number of ether oxygens (including phenoxy) is 1. The van der Waals surface area contributed by atoms with Gasteiger partial charge in [0.2, 0.25) is 0 Å². The molecule has 0 aliphatic heterocycles. The van der Waals surface area contributed by atoms with Crippen molar-refractivity contribution in [2.45, 2.75) is 43.6 Å². The lowest BCUT2D eigenvalue weighted by atomic mass is 9.79. The highest BCUT2D eigenvalue weighted by molar-refractivity contribution is 7.92. The number of rotatable bonds is 6. The summed E-state index contributed by atoms with van der Waals surface area (Å²) in [6, 6.07) is 4.58. The molecular formula is C21H23F2N5O3S. The molecule has 0 saturated heterocycles. The minimum Gasteiger partial charge on any atom is -0.487 e. The van der Waals surface area contributed by atoms with Gasteiger partial charge in [-0.2, -0.15) is 5.10 Å². The van der Waals surface area contributed by atoms with E-state index in [0.717, 1.165) is 24.5 Å². The fraction of sp³-hybridized carbons (Fsp3) is 0.381. The normalized spacial score (nSPS) is 20.3. The van der Waals surface area contributed by atoms with Gasteiger partial charge in [-0.3, -0.25) is 9.40 Å². The Morgan fingerprint density at radius 1 is 1.19 bits per heavy atom. The summed E-state index contributed by atoms with van der Waals surface area (Å²) in [4.78, 5) is 6.57. The Morgan fingerprint density at radius 2 is 1.97 bits per heavy atom. The summed E-state index contributed by atoms with van der Waals surface area (Å²) in [6.45, 7) is 4.19.